The molecule has 1 aliphatic heterocycles. The first kappa shape index (κ1) is 20.4. The Balaban J connectivity index is 1.53. The summed E-state index contributed by atoms with van der Waals surface area (Å²) in [5.41, 5.74) is 2.71. The molecule has 7 heteroatoms. The number of carbonyl (C=O) groups excluding carboxylic acids is 1. The number of nitrogens with zero attached hydrogens (tertiary/aromatic N) is 1. The third-order valence-corrected chi connectivity index (χ3v) is 6.49. The standard InChI is InChI=1S/C22H16Cl3NO2S/c23-16-5-7-18(8-6-16)26-21(27)13-29-22(26)15-4-9-20(19(25)11-15)28-12-14-2-1-3-17(24)10-14/h1-11,22H,12-13H2/t22-/m1/s1. The number of ether oxygens (including phenoxy) is 1. The van der Waals surface area contributed by atoms with Gasteiger partial charge in [0, 0.05) is 15.7 Å². The van der Waals surface area contributed by atoms with Crippen molar-refractivity contribution in [2.45, 2.75) is 12.0 Å². The van der Waals surface area contributed by atoms with Gasteiger partial charge in [0.05, 0.1) is 10.8 Å². The van der Waals surface area contributed by atoms with Crippen molar-refractivity contribution in [3.63, 3.8) is 0 Å². The molecule has 3 nitrogen and oxygen atoms in total. The van der Waals surface area contributed by atoms with Gasteiger partial charge in [-0.05, 0) is 59.7 Å². The normalized spacial score (nSPS) is 16.3. The van der Waals surface area contributed by atoms with Crippen molar-refractivity contribution in [2.75, 3.05) is 10.7 Å². The van der Waals surface area contributed by atoms with E-state index in [1.54, 1.807) is 28.8 Å². The average Bonchev–Trinajstić information content (AvgIpc) is 3.09. The van der Waals surface area contributed by atoms with Crippen molar-refractivity contribution in [1.29, 1.82) is 0 Å². The van der Waals surface area contributed by atoms with Gasteiger partial charge in [0.25, 0.3) is 0 Å². The molecule has 3 aromatic carbocycles. The molecule has 4 rings (SSSR count). The maximum atomic E-state index is 12.5. The molecule has 1 fully saturated rings. The third kappa shape index (κ3) is 4.67. The van der Waals surface area contributed by atoms with Crippen LogP contribution in [0.1, 0.15) is 16.5 Å². The zero-order chi connectivity index (χ0) is 20.4. The first-order valence-corrected chi connectivity index (χ1v) is 11.1. The molecule has 1 atom stereocenters. The number of amides is 1. The van der Waals surface area contributed by atoms with Gasteiger partial charge >= 0.3 is 0 Å². The van der Waals surface area contributed by atoms with Crippen molar-refractivity contribution in [3.8, 4) is 5.75 Å². The van der Waals surface area contributed by atoms with E-state index in [0.29, 0.717) is 33.2 Å². The third-order valence-electron chi connectivity index (χ3n) is 4.50. The molecule has 0 N–H and O–H groups in total. The molecule has 3 aromatic rings. The van der Waals surface area contributed by atoms with E-state index in [4.69, 9.17) is 39.5 Å². The van der Waals surface area contributed by atoms with Crippen LogP contribution in [0.2, 0.25) is 15.1 Å². The van der Waals surface area contributed by atoms with Crippen LogP contribution in [0.15, 0.2) is 66.7 Å². The van der Waals surface area contributed by atoms with Gasteiger partial charge in [0.15, 0.2) is 0 Å². The molecule has 1 amide bonds. The van der Waals surface area contributed by atoms with Crippen molar-refractivity contribution in [1.82, 2.24) is 0 Å². The molecule has 0 bridgehead atoms. The summed E-state index contributed by atoms with van der Waals surface area (Å²) in [6.07, 6.45) is 0. The minimum atomic E-state index is -0.150. The lowest BCUT2D eigenvalue weighted by molar-refractivity contribution is -0.115. The van der Waals surface area contributed by atoms with Gasteiger partial charge in [0.1, 0.15) is 17.7 Å². The number of benzene rings is 3. The van der Waals surface area contributed by atoms with Gasteiger partial charge in [-0.2, -0.15) is 0 Å². The number of hydrogen-bond acceptors (Lipinski definition) is 3. The Kier molecular flexibility index (Phi) is 6.26. The molecule has 0 unspecified atom stereocenters. The summed E-state index contributed by atoms with van der Waals surface area (Å²) in [5, 5.41) is 1.65. The lowest BCUT2D eigenvalue weighted by atomic mass is 10.1. The van der Waals surface area contributed by atoms with Crippen LogP contribution in [0.3, 0.4) is 0 Å². The summed E-state index contributed by atoms with van der Waals surface area (Å²) in [6, 6.07) is 20.4. The van der Waals surface area contributed by atoms with E-state index < -0.39 is 0 Å². The number of hydrogen-bond donors (Lipinski definition) is 0. The summed E-state index contributed by atoms with van der Waals surface area (Å²) in [7, 11) is 0. The highest BCUT2D eigenvalue weighted by atomic mass is 35.5. The van der Waals surface area contributed by atoms with Gasteiger partial charge in [-0.15, -0.1) is 11.8 Å². The van der Waals surface area contributed by atoms with E-state index in [9.17, 15) is 4.79 Å². The predicted octanol–water partition coefficient (Wildman–Crippen LogP) is 7.00. The van der Waals surface area contributed by atoms with Crippen LogP contribution in [-0.2, 0) is 11.4 Å². The monoisotopic (exact) mass is 463 g/mol. The van der Waals surface area contributed by atoms with E-state index in [-0.39, 0.29) is 11.3 Å². The Morgan fingerprint density at radius 3 is 2.48 bits per heavy atom. The maximum absolute atomic E-state index is 12.5. The van der Waals surface area contributed by atoms with Crippen LogP contribution in [-0.4, -0.2) is 11.7 Å². The zero-order valence-corrected chi connectivity index (χ0v) is 18.2. The second kappa shape index (κ2) is 8.88. The van der Waals surface area contributed by atoms with Crippen LogP contribution >= 0.6 is 46.6 Å². The van der Waals surface area contributed by atoms with E-state index in [1.807, 2.05) is 54.6 Å². The molecule has 0 aliphatic carbocycles. The summed E-state index contributed by atoms with van der Waals surface area (Å²) in [6.45, 7) is 0.368. The molecule has 0 spiro atoms. The lowest BCUT2D eigenvalue weighted by Gasteiger charge is -2.25. The summed E-state index contributed by atoms with van der Waals surface area (Å²) in [5.74, 6) is 1.06. The molecule has 0 aromatic heterocycles. The van der Waals surface area contributed by atoms with Crippen LogP contribution in [0.4, 0.5) is 5.69 Å². The Bertz CT molecular complexity index is 1040. The van der Waals surface area contributed by atoms with E-state index in [0.717, 1.165) is 16.8 Å². The molecule has 1 heterocycles. The number of thioether (sulfide) groups is 1. The Morgan fingerprint density at radius 2 is 1.76 bits per heavy atom. The first-order valence-electron chi connectivity index (χ1n) is 8.87. The number of halogens is 3. The molecule has 148 valence electrons. The molecular formula is C22H16Cl3NO2S. The fourth-order valence-electron chi connectivity index (χ4n) is 3.13. The number of anilines is 1. The minimum absolute atomic E-state index is 0.0553. The molecule has 1 aliphatic rings. The van der Waals surface area contributed by atoms with Gasteiger partial charge in [-0.25, -0.2) is 0 Å². The topological polar surface area (TPSA) is 29.5 Å². The van der Waals surface area contributed by atoms with E-state index >= 15 is 0 Å². The molecule has 1 saturated heterocycles. The van der Waals surface area contributed by atoms with Crippen LogP contribution < -0.4 is 9.64 Å². The lowest BCUT2D eigenvalue weighted by Crippen LogP contribution is -2.27. The fraction of sp³-hybridized carbons (Fsp3) is 0.136. The van der Waals surface area contributed by atoms with Gasteiger partial charge < -0.3 is 4.74 Å². The van der Waals surface area contributed by atoms with Crippen molar-refractivity contribution in [2.24, 2.45) is 0 Å². The highest BCUT2D eigenvalue weighted by Crippen LogP contribution is 2.43. The first-order chi connectivity index (χ1) is 14.0. The largest absolute Gasteiger partial charge is 0.487 e. The summed E-state index contributed by atoms with van der Waals surface area (Å²) < 4.78 is 5.85. The van der Waals surface area contributed by atoms with Crippen molar-refractivity contribution < 1.29 is 9.53 Å². The molecular weight excluding hydrogens is 449 g/mol. The maximum Gasteiger partial charge on any atom is 0.238 e. The van der Waals surface area contributed by atoms with Crippen LogP contribution in [0.5, 0.6) is 5.75 Å². The van der Waals surface area contributed by atoms with Gasteiger partial charge in [-0.3, -0.25) is 9.69 Å². The quantitative estimate of drug-likeness (QED) is 0.407. The number of carbonyl (C=O) groups is 1. The second-order valence-electron chi connectivity index (χ2n) is 6.51. The zero-order valence-electron chi connectivity index (χ0n) is 15.1. The molecule has 0 radical (unpaired) electrons. The smallest absolute Gasteiger partial charge is 0.238 e. The van der Waals surface area contributed by atoms with Crippen molar-refractivity contribution in [3.05, 3.63) is 92.9 Å². The summed E-state index contributed by atoms with van der Waals surface area (Å²) in [4.78, 5) is 14.3. The highest BCUT2D eigenvalue weighted by Gasteiger charge is 2.34. The van der Waals surface area contributed by atoms with Crippen molar-refractivity contribution >= 4 is 58.2 Å². The summed E-state index contributed by atoms with van der Waals surface area (Å²) >= 11 is 20.0. The van der Waals surface area contributed by atoms with E-state index in [1.165, 1.54) is 0 Å². The Hall–Kier alpha value is -1.85. The minimum Gasteiger partial charge on any atom is -0.487 e. The van der Waals surface area contributed by atoms with Gasteiger partial charge in [0.2, 0.25) is 5.91 Å². The van der Waals surface area contributed by atoms with Crippen LogP contribution in [0, 0.1) is 0 Å². The molecule has 29 heavy (non-hydrogen) atoms. The second-order valence-corrected chi connectivity index (χ2v) is 8.86. The van der Waals surface area contributed by atoms with Crippen LogP contribution in [0.25, 0.3) is 0 Å². The predicted molar refractivity (Wildman–Crippen MR) is 121 cm³/mol. The van der Waals surface area contributed by atoms with Gasteiger partial charge in [-0.1, -0.05) is 53.0 Å². The average molecular weight is 465 g/mol. The molecule has 0 saturated carbocycles. The Morgan fingerprint density at radius 1 is 0.966 bits per heavy atom. The SMILES string of the molecule is O=C1CS[C@H](c2ccc(OCc3cccc(Cl)c3)c(Cl)c2)N1c1ccc(Cl)cc1. The number of rotatable bonds is 5. The highest BCUT2D eigenvalue weighted by molar-refractivity contribution is 8.00. The van der Waals surface area contributed by atoms with E-state index in [2.05, 4.69) is 0 Å². The fourth-order valence-corrected chi connectivity index (χ4v) is 4.88. The Labute approximate surface area is 188 Å².